The molecule has 0 unspecified atom stereocenters. The van der Waals surface area contributed by atoms with Crippen molar-refractivity contribution in [1.82, 2.24) is 5.32 Å². The number of hydrogen-bond acceptors (Lipinski definition) is 2. The number of amides is 1. The lowest BCUT2D eigenvalue weighted by molar-refractivity contribution is -0.122. The highest BCUT2D eigenvalue weighted by atomic mass is 16.1. The predicted molar refractivity (Wildman–Crippen MR) is 49.8 cm³/mol. The second-order valence-corrected chi connectivity index (χ2v) is 3.61. The van der Waals surface area contributed by atoms with Gasteiger partial charge >= 0.3 is 0 Å². The van der Waals surface area contributed by atoms with Crippen LogP contribution in [-0.2, 0) is 4.79 Å². The molecule has 0 bridgehead atoms. The molecule has 0 heterocycles. The zero-order chi connectivity index (χ0) is 9.52. The van der Waals surface area contributed by atoms with E-state index in [-0.39, 0.29) is 5.91 Å². The van der Waals surface area contributed by atoms with Gasteiger partial charge in [-0.2, -0.15) is 5.26 Å². The number of carbonyl (C=O) groups excluding carboxylic acids is 1. The van der Waals surface area contributed by atoms with Crippen molar-refractivity contribution in [3.8, 4) is 6.07 Å². The summed E-state index contributed by atoms with van der Waals surface area (Å²) in [5.41, 5.74) is 0. The fourth-order valence-electron chi connectivity index (χ4n) is 1.43. The van der Waals surface area contributed by atoms with Crippen LogP contribution in [0.3, 0.4) is 0 Å². The highest BCUT2D eigenvalue weighted by molar-refractivity contribution is 5.76. The fraction of sp³-hybridized carbons (Fsp3) is 0.800. The van der Waals surface area contributed by atoms with Crippen LogP contribution in [0.2, 0.25) is 0 Å². The zero-order valence-electron chi connectivity index (χ0n) is 7.88. The third kappa shape index (κ3) is 3.93. The molecule has 1 N–H and O–H groups in total. The summed E-state index contributed by atoms with van der Waals surface area (Å²) in [4.78, 5) is 11.2. The van der Waals surface area contributed by atoms with E-state index < -0.39 is 0 Å². The van der Waals surface area contributed by atoms with Crippen LogP contribution in [0, 0.1) is 17.2 Å². The van der Waals surface area contributed by atoms with E-state index in [0.717, 1.165) is 6.42 Å². The molecule has 3 nitrogen and oxygen atoms in total. The first-order chi connectivity index (χ1) is 6.33. The van der Waals surface area contributed by atoms with Gasteiger partial charge in [0.05, 0.1) is 6.07 Å². The molecule has 0 spiro atoms. The standard InChI is InChI=1S/C10H16N2O/c11-6-1-2-7-12-10(13)8-9-4-3-5-9/h9H,1-5,7-8H2,(H,12,13). The Hall–Kier alpha value is -1.04. The molecular formula is C10H16N2O. The Balaban J connectivity index is 1.94. The summed E-state index contributed by atoms with van der Waals surface area (Å²) >= 11 is 0. The van der Waals surface area contributed by atoms with Crippen LogP contribution in [0.25, 0.3) is 0 Å². The van der Waals surface area contributed by atoms with Gasteiger partial charge in [-0.1, -0.05) is 6.42 Å². The summed E-state index contributed by atoms with van der Waals surface area (Å²) in [6.45, 7) is 0.652. The SMILES string of the molecule is N#CCCCNC(=O)CC1CCC1. The van der Waals surface area contributed by atoms with Gasteiger partial charge in [-0.15, -0.1) is 0 Å². The number of rotatable bonds is 5. The second kappa shape index (κ2) is 5.58. The van der Waals surface area contributed by atoms with Crippen molar-refractivity contribution in [3.63, 3.8) is 0 Å². The van der Waals surface area contributed by atoms with E-state index in [2.05, 4.69) is 11.4 Å². The summed E-state index contributed by atoms with van der Waals surface area (Å²) in [6.07, 6.45) is 5.70. The smallest absolute Gasteiger partial charge is 0.220 e. The van der Waals surface area contributed by atoms with Gasteiger partial charge in [-0.3, -0.25) is 4.79 Å². The molecule has 0 aromatic heterocycles. The lowest BCUT2D eigenvalue weighted by Crippen LogP contribution is -2.28. The number of hydrogen-bond donors (Lipinski definition) is 1. The van der Waals surface area contributed by atoms with Crippen molar-refractivity contribution < 1.29 is 4.79 Å². The minimum absolute atomic E-state index is 0.155. The van der Waals surface area contributed by atoms with Crippen molar-refractivity contribution in [2.45, 2.75) is 38.5 Å². The first-order valence-electron chi connectivity index (χ1n) is 4.96. The molecule has 0 radical (unpaired) electrons. The third-order valence-electron chi connectivity index (χ3n) is 2.49. The maximum absolute atomic E-state index is 11.2. The van der Waals surface area contributed by atoms with Gasteiger partial charge in [-0.25, -0.2) is 0 Å². The Labute approximate surface area is 79.1 Å². The van der Waals surface area contributed by atoms with Gasteiger partial charge in [0.15, 0.2) is 0 Å². The van der Waals surface area contributed by atoms with Gasteiger partial charge in [0.1, 0.15) is 0 Å². The maximum Gasteiger partial charge on any atom is 0.220 e. The molecular weight excluding hydrogens is 164 g/mol. The summed E-state index contributed by atoms with van der Waals surface area (Å²) in [6, 6.07) is 2.05. The Morgan fingerprint density at radius 3 is 2.85 bits per heavy atom. The topological polar surface area (TPSA) is 52.9 Å². The first-order valence-corrected chi connectivity index (χ1v) is 4.96. The van der Waals surface area contributed by atoms with Crippen LogP contribution in [0.5, 0.6) is 0 Å². The molecule has 1 rings (SSSR count). The first kappa shape index (κ1) is 10.0. The van der Waals surface area contributed by atoms with Gasteiger partial charge < -0.3 is 5.32 Å². The Bertz CT molecular complexity index is 203. The second-order valence-electron chi connectivity index (χ2n) is 3.61. The maximum atomic E-state index is 11.2. The highest BCUT2D eigenvalue weighted by Crippen LogP contribution is 2.28. The number of carbonyl (C=O) groups is 1. The van der Waals surface area contributed by atoms with Crippen molar-refractivity contribution in [2.75, 3.05) is 6.54 Å². The van der Waals surface area contributed by atoms with Crippen LogP contribution in [0.15, 0.2) is 0 Å². The lowest BCUT2D eigenvalue weighted by Gasteiger charge is -2.24. The Kier molecular flexibility index (Phi) is 4.31. The molecule has 0 aromatic rings. The molecule has 0 saturated heterocycles. The molecule has 1 aliphatic rings. The molecule has 3 heteroatoms. The number of nitrogens with zero attached hydrogens (tertiary/aromatic N) is 1. The van der Waals surface area contributed by atoms with Crippen molar-refractivity contribution in [2.24, 2.45) is 5.92 Å². The highest BCUT2D eigenvalue weighted by Gasteiger charge is 2.19. The third-order valence-corrected chi connectivity index (χ3v) is 2.49. The average Bonchev–Trinajstić information content (AvgIpc) is 2.06. The fourth-order valence-corrected chi connectivity index (χ4v) is 1.43. The molecule has 1 aliphatic carbocycles. The summed E-state index contributed by atoms with van der Waals surface area (Å²) in [5, 5.41) is 11.1. The van der Waals surface area contributed by atoms with Gasteiger partial charge in [0.2, 0.25) is 5.91 Å². The molecule has 72 valence electrons. The van der Waals surface area contributed by atoms with Gasteiger partial charge in [0.25, 0.3) is 0 Å². The molecule has 1 fully saturated rings. The van der Waals surface area contributed by atoms with E-state index in [1.54, 1.807) is 0 Å². The summed E-state index contributed by atoms with van der Waals surface area (Å²) in [5.74, 6) is 0.790. The number of nitriles is 1. The minimum Gasteiger partial charge on any atom is -0.356 e. The van der Waals surface area contributed by atoms with Crippen LogP contribution in [-0.4, -0.2) is 12.5 Å². The molecule has 0 aromatic carbocycles. The molecule has 1 saturated carbocycles. The van der Waals surface area contributed by atoms with Gasteiger partial charge in [-0.05, 0) is 25.2 Å². The van der Waals surface area contributed by atoms with Crippen LogP contribution >= 0.6 is 0 Å². The lowest BCUT2D eigenvalue weighted by atomic mass is 9.83. The number of nitrogens with one attached hydrogen (secondary N) is 1. The molecule has 0 atom stereocenters. The van der Waals surface area contributed by atoms with Crippen molar-refractivity contribution in [3.05, 3.63) is 0 Å². The predicted octanol–water partition coefficient (Wildman–Crippen LogP) is 1.60. The molecule has 0 aliphatic heterocycles. The quantitative estimate of drug-likeness (QED) is 0.653. The summed E-state index contributed by atoms with van der Waals surface area (Å²) < 4.78 is 0. The zero-order valence-corrected chi connectivity index (χ0v) is 7.88. The van der Waals surface area contributed by atoms with E-state index >= 15 is 0 Å². The van der Waals surface area contributed by atoms with E-state index in [0.29, 0.717) is 25.3 Å². The van der Waals surface area contributed by atoms with Crippen LogP contribution in [0.4, 0.5) is 0 Å². The van der Waals surface area contributed by atoms with E-state index in [4.69, 9.17) is 5.26 Å². The largest absolute Gasteiger partial charge is 0.356 e. The van der Waals surface area contributed by atoms with Crippen LogP contribution < -0.4 is 5.32 Å². The van der Waals surface area contributed by atoms with Crippen molar-refractivity contribution >= 4 is 5.91 Å². The van der Waals surface area contributed by atoms with Crippen molar-refractivity contribution in [1.29, 1.82) is 5.26 Å². The number of unbranched alkanes of at least 4 members (excludes halogenated alkanes) is 1. The Morgan fingerprint density at radius 2 is 2.31 bits per heavy atom. The normalized spacial score (nSPS) is 15.9. The summed E-state index contributed by atoms with van der Waals surface area (Å²) in [7, 11) is 0. The van der Waals surface area contributed by atoms with Crippen LogP contribution in [0.1, 0.15) is 38.5 Å². The molecule has 1 amide bonds. The van der Waals surface area contributed by atoms with Gasteiger partial charge in [0, 0.05) is 19.4 Å². The Morgan fingerprint density at radius 1 is 1.54 bits per heavy atom. The molecule has 13 heavy (non-hydrogen) atoms. The average molecular weight is 180 g/mol. The van der Waals surface area contributed by atoms with E-state index in [1.807, 2.05) is 0 Å². The monoisotopic (exact) mass is 180 g/mol. The van der Waals surface area contributed by atoms with E-state index in [1.165, 1.54) is 19.3 Å². The minimum atomic E-state index is 0.155. The van der Waals surface area contributed by atoms with E-state index in [9.17, 15) is 4.79 Å².